The monoisotopic (exact) mass is 350 g/mol. The summed E-state index contributed by atoms with van der Waals surface area (Å²) in [7, 11) is 0. The van der Waals surface area contributed by atoms with Crippen molar-refractivity contribution >= 4 is 23.5 Å². The Labute approximate surface area is 146 Å². The third-order valence-corrected chi connectivity index (χ3v) is 4.16. The van der Waals surface area contributed by atoms with Gasteiger partial charge in [-0.1, -0.05) is 13.8 Å². The molecule has 1 fully saturated rings. The maximum atomic E-state index is 12.1. The van der Waals surface area contributed by atoms with Gasteiger partial charge in [-0.25, -0.2) is 4.68 Å². The molecule has 0 aliphatic carbocycles. The number of hydrogen-bond acceptors (Lipinski definition) is 5. The molecule has 0 aromatic carbocycles. The molecule has 2 heterocycles. The zero-order valence-corrected chi connectivity index (χ0v) is 15.0. The largest absolute Gasteiger partial charge is 0.345 e. The fourth-order valence-corrected chi connectivity index (χ4v) is 2.52. The van der Waals surface area contributed by atoms with Gasteiger partial charge in [-0.05, 0) is 26.7 Å². The van der Waals surface area contributed by atoms with Crippen molar-refractivity contribution in [3.8, 4) is 0 Å². The predicted molar refractivity (Wildman–Crippen MR) is 92.5 cm³/mol. The standard InChI is InChI=1S/C16H26N6O3/c1-5-9(3)17-14(24)15(25)19-12-7-10(4)21-22(12)16-18-11(6-2)8-13(23)20-16/h7,9,11,16,18H,5-6,8H2,1-4H3,(H,17,24)(H,19,25)(H,20,23). The lowest BCUT2D eigenvalue weighted by atomic mass is 10.1. The predicted octanol–water partition coefficient (Wildman–Crippen LogP) is 0.389. The number of hydrogen-bond donors (Lipinski definition) is 4. The summed E-state index contributed by atoms with van der Waals surface area (Å²) < 4.78 is 1.48. The molecule has 1 saturated heterocycles. The minimum absolute atomic E-state index is 0.0283. The van der Waals surface area contributed by atoms with Crippen molar-refractivity contribution in [2.75, 3.05) is 5.32 Å². The van der Waals surface area contributed by atoms with Crippen LogP contribution in [-0.2, 0) is 14.4 Å². The molecule has 9 heteroatoms. The summed E-state index contributed by atoms with van der Waals surface area (Å²) in [6.45, 7) is 7.51. The molecule has 1 aliphatic heterocycles. The molecule has 0 saturated carbocycles. The van der Waals surface area contributed by atoms with Gasteiger partial charge in [-0.15, -0.1) is 0 Å². The lowest BCUT2D eigenvalue weighted by molar-refractivity contribution is -0.136. The van der Waals surface area contributed by atoms with E-state index >= 15 is 0 Å². The summed E-state index contributed by atoms with van der Waals surface area (Å²) in [6.07, 6.45) is 1.34. The van der Waals surface area contributed by atoms with Crippen molar-refractivity contribution in [3.63, 3.8) is 0 Å². The average molecular weight is 350 g/mol. The summed E-state index contributed by atoms with van der Waals surface area (Å²) in [6, 6.07) is 1.59. The zero-order chi connectivity index (χ0) is 18.6. The van der Waals surface area contributed by atoms with E-state index in [1.54, 1.807) is 13.0 Å². The first-order valence-corrected chi connectivity index (χ1v) is 8.57. The molecule has 9 nitrogen and oxygen atoms in total. The summed E-state index contributed by atoms with van der Waals surface area (Å²) in [5.74, 6) is -1.21. The number of aromatic nitrogens is 2. The molecular formula is C16H26N6O3. The van der Waals surface area contributed by atoms with Crippen molar-refractivity contribution in [1.29, 1.82) is 0 Å². The van der Waals surface area contributed by atoms with Crippen LogP contribution in [0.5, 0.6) is 0 Å². The number of nitrogens with zero attached hydrogens (tertiary/aromatic N) is 2. The SMILES string of the molecule is CCC(C)NC(=O)C(=O)Nc1cc(C)nn1C1NC(=O)CC(CC)N1. The molecule has 138 valence electrons. The maximum absolute atomic E-state index is 12.1. The summed E-state index contributed by atoms with van der Waals surface area (Å²) >= 11 is 0. The van der Waals surface area contributed by atoms with E-state index in [1.165, 1.54) is 4.68 Å². The van der Waals surface area contributed by atoms with Crippen LogP contribution >= 0.6 is 0 Å². The number of carbonyl (C=O) groups is 3. The van der Waals surface area contributed by atoms with Gasteiger partial charge in [0.05, 0.1) is 5.69 Å². The zero-order valence-electron chi connectivity index (χ0n) is 15.0. The Morgan fingerprint density at radius 2 is 2.12 bits per heavy atom. The third kappa shape index (κ3) is 4.79. The van der Waals surface area contributed by atoms with Gasteiger partial charge >= 0.3 is 11.8 Å². The number of rotatable bonds is 5. The highest BCUT2D eigenvalue weighted by molar-refractivity contribution is 6.39. The smallest absolute Gasteiger partial charge is 0.314 e. The van der Waals surface area contributed by atoms with Gasteiger partial charge in [-0.2, -0.15) is 5.10 Å². The van der Waals surface area contributed by atoms with Crippen molar-refractivity contribution in [1.82, 2.24) is 25.7 Å². The molecule has 0 bridgehead atoms. The first kappa shape index (κ1) is 18.9. The van der Waals surface area contributed by atoms with Crippen LogP contribution in [0.15, 0.2) is 6.07 Å². The van der Waals surface area contributed by atoms with Crippen molar-refractivity contribution < 1.29 is 14.4 Å². The fraction of sp³-hybridized carbons (Fsp3) is 0.625. The molecule has 4 N–H and O–H groups in total. The fourth-order valence-electron chi connectivity index (χ4n) is 2.52. The number of nitrogens with one attached hydrogen (secondary N) is 4. The van der Waals surface area contributed by atoms with Crippen LogP contribution < -0.4 is 21.3 Å². The Balaban J connectivity index is 2.13. The van der Waals surface area contributed by atoms with E-state index in [9.17, 15) is 14.4 Å². The molecule has 0 spiro atoms. The van der Waals surface area contributed by atoms with Gasteiger partial charge in [0.2, 0.25) is 5.91 Å². The van der Waals surface area contributed by atoms with Gasteiger partial charge in [0.15, 0.2) is 6.29 Å². The Morgan fingerprint density at radius 3 is 2.76 bits per heavy atom. The molecule has 1 aromatic heterocycles. The number of carbonyl (C=O) groups excluding carboxylic acids is 3. The summed E-state index contributed by atoms with van der Waals surface area (Å²) in [5.41, 5.74) is 0.660. The van der Waals surface area contributed by atoms with Gasteiger partial charge in [0.1, 0.15) is 5.82 Å². The molecule has 1 aromatic rings. The Morgan fingerprint density at radius 1 is 1.40 bits per heavy atom. The van der Waals surface area contributed by atoms with E-state index in [4.69, 9.17) is 0 Å². The highest BCUT2D eigenvalue weighted by atomic mass is 16.2. The van der Waals surface area contributed by atoms with Crippen LogP contribution in [0.3, 0.4) is 0 Å². The minimum atomic E-state index is -0.768. The highest BCUT2D eigenvalue weighted by Crippen LogP contribution is 2.18. The summed E-state index contributed by atoms with van der Waals surface area (Å²) in [4.78, 5) is 35.9. The summed E-state index contributed by atoms with van der Waals surface area (Å²) in [5, 5.41) is 15.6. The van der Waals surface area contributed by atoms with Crippen LogP contribution in [-0.4, -0.2) is 39.6 Å². The lowest BCUT2D eigenvalue weighted by Crippen LogP contribution is -2.53. The molecule has 25 heavy (non-hydrogen) atoms. The first-order chi connectivity index (χ1) is 11.8. The number of aryl methyl sites for hydroxylation is 1. The van der Waals surface area contributed by atoms with Gasteiger partial charge in [0.25, 0.3) is 0 Å². The van der Waals surface area contributed by atoms with Crippen LogP contribution in [0.4, 0.5) is 5.82 Å². The molecule has 3 unspecified atom stereocenters. The molecular weight excluding hydrogens is 324 g/mol. The first-order valence-electron chi connectivity index (χ1n) is 8.57. The molecule has 3 amide bonds. The van der Waals surface area contributed by atoms with Crippen molar-refractivity contribution in [2.24, 2.45) is 0 Å². The molecule has 1 aliphatic rings. The van der Waals surface area contributed by atoms with Gasteiger partial charge < -0.3 is 16.0 Å². The van der Waals surface area contributed by atoms with Gasteiger partial charge in [0, 0.05) is 24.6 Å². The number of anilines is 1. The second-order valence-electron chi connectivity index (χ2n) is 6.30. The topological polar surface area (TPSA) is 117 Å². The second-order valence-corrected chi connectivity index (χ2v) is 6.30. The Bertz CT molecular complexity index is 656. The average Bonchev–Trinajstić information content (AvgIpc) is 2.94. The normalized spacial score (nSPS) is 21.4. The molecule has 3 atom stereocenters. The number of amides is 3. The van der Waals surface area contributed by atoms with E-state index in [1.807, 2.05) is 20.8 Å². The van der Waals surface area contributed by atoms with Crippen molar-refractivity contribution in [3.05, 3.63) is 11.8 Å². The highest BCUT2D eigenvalue weighted by Gasteiger charge is 2.28. The second kappa shape index (κ2) is 8.11. The van der Waals surface area contributed by atoms with E-state index < -0.39 is 18.1 Å². The lowest BCUT2D eigenvalue weighted by Gasteiger charge is -2.31. The van der Waals surface area contributed by atoms with E-state index in [2.05, 4.69) is 26.4 Å². The van der Waals surface area contributed by atoms with Crippen LogP contribution in [0.25, 0.3) is 0 Å². The third-order valence-electron chi connectivity index (χ3n) is 4.16. The van der Waals surface area contributed by atoms with E-state index in [0.717, 1.165) is 12.8 Å². The van der Waals surface area contributed by atoms with E-state index in [0.29, 0.717) is 17.9 Å². The molecule has 0 radical (unpaired) electrons. The van der Waals surface area contributed by atoms with Crippen LogP contribution in [0.2, 0.25) is 0 Å². The van der Waals surface area contributed by atoms with Gasteiger partial charge in [-0.3, -0.25) is 19.7 Å². The van der Waals surface area contributed by atoms with Crippen LogP contribution in [0.1, 0.15) is 52.0 Å². The Hall–Kier alpha value is -2.42. The van der Waals surface area contributed by atoms with Crippen LogP contribution in [0, 0.1) is 6.92 Å². The quantitative estimate of drug-likeness (QED) is 0.573. The van der Waals surface area contributed by atoms with Crippen molar-refractivity contribution in [2.45, 2.75) is 65.3 Å². The molecule has 2 rings (SSSR count). The maximum Gasteiger partial charge on any atom is 0.314 e. The Kier molecular flexibility index (Phi) is 6.13. The minimum Gasteiger partial charge on any atom is -0.345 e. The van der Waals surface area contributed by atoms with E-state index in [-0.39, 0.29) is 18.0 Å².